The number of aryl methyl sites for hydroxylation is 2. The molecule has 0 saturated carbocycles. The standard InChI is InChI=1S/C12H13N3O3.ClH/c1-6-3-9-8(4-13-6)5-18-12(9,17)10-7(2)14-15-11(10)16;/h3-4,17H,5H2,1-2H3,(H2,14,15,16);1H. The first-order chi connectivity index (χ1) is 8.52. The van der Waals surface area contributed by atoms with E-state index in [2.05, 4.69) is 15.2 Å². The number of pyridine rings is 1. The van der Waals surface area contributed by atoms with Crippen molar-refractivity contribution >= 4 is 0 Å². The Morgan fingerprint density at radius 1 is 1.42 bits per heavy atom. The Morgan fingerprint density at radius 3 is 2.79 bits per heavy atom. The van der Waals surface area contributed by atoms with Crippen LogP contribution in [0.25, 0.3) is 0 Å². The largest absolute Gasteiger partial charge is 1.00 e. The molecule has 0 spiro atoms. The second kappa shape index (κ2) is 4.48. The molecule has 3 heterocycles. The molecule has 7 heteroatoms. The van der Waals surface area contributed by atoms with Crippen LogP contribution < -0.4 is 23.0 Å². The van der Waals surface area contributed by atoms with Gasteiger partial charge in [-0.3, -0.25) is 9.89 Å². The van der Waals surface area contributed by atoms with Crippen molar-refractivity contribution in [3.63, 3.8) is 0 Å². The molecule has 2 aromatic rings. The van der Waals surface area contributed by atoms with Crippen LogP contribution >= 0.6 is 0 Å². The van der Waals surface area contributed by atoms with Crippen LogP contribution in [-0.4, -0.2) is 15.3 Å². The van der Waals surface area contributed by atoms with Crippen molar-refractivity contribution in [2.45, 2.75) is 26.2 Å². The lowest BCUT2D eigenvalue weighted by atomic mass is 9.97. The zero-order valence-corrected chi connectivity index (χ0v) is 11.3. The molecule has 1 atom stereocenters. The molecule has 0 saturated heterocycles. The van der Waals surface area contributed by atoms with Crippen LogP contribution in [0.5, 0.6) is 0 Å². The number of nitrogens with one attached hydrogen (secondary N) is 3. The third-order valence-corrected chi connectivity index (χ3v) is 3.29. The fraction of sp³-hybridized carbons (Fsp3) is 0.333. The number of hydrogen-bond acceptors (Lipinski definition) is 3. The van der Waals surface area contributed by atoms with E-state index in [0.29, 0.717) is 11.3 Å². The molecule has 2 aromatic heterocycles. The zero-order chi connectivity index (χ0) is 12.9. The van der Waals surface area contributed by atoms with Gasteiger partial charge in [0, 0.05) is 24.2 Å². The summed E-state index contributed by atoms with van der Waals surface area (Å²) in [7, 11) is 0. The molecule has 19 heavy (non-hydrogen) atoms. The predicted molar refractivity (Wildman–Crippen MR) is 61.7 cm³/mol. The summed E-state index contributed by atoms with van der Waals surface area (Å²) in [6, 6.07) is 1.80. The highest BCUT2D eigenvalue weighted by molar-refractivity contribution is 5.40. The van der Waals surface area contributed by atoms with Gasteiger partial charge in [-0.05, 0) is 6.92 Å². The Hall–Kier alpha value is -1.63. The minimum absolute atomic E-state index is 0. The Kier molecular flexibility index (Phi) is 3.25. The topological polar surface area (TPSA) is 92.2 Å². The lowest BCUT2D eigenvalue weighted by molar-refractivity contribution is -0.388. The molecule has 3 rings (SSSR count). The molecule has 0 radical (unpaired) electrons. The van der Waals surface area contributed by atoms with Gasteiger partial charge >= 0.3 is 0 Å². The second-order valence-electron chi connectivity index (χ2n) is 4.57. The second-order valence-corrected chi connectivity index (χ2v) is 4.57. The lowest BCUT2D eigenvalue weighted by Crippen LogP contribution is -3.00. The summed E-state index contributed by atoms with van der Waals surface area (Å²) in [5.74, 6) is -1.67. The van der Waals surface area contributed by atoms with Crippen LogP contribution in [0.2, 0.25) is 0 Å². The first-order valence-corrected chi connectivity index (χ1v) is 5.68. The quantitative estimate of drug-likeness (QED) is 0.516. The highest BCUT2D eigenvalue weighted by Crippen LogP contribution is 2.38. The van der Waals surface area contributed by atoms with E-state index >= 15 is 0 Å². The Bertz CT molecular complexity index is 679. The van der Waals surface area contributed by atoms with E-state index in [1.165, 1.54) is 0 Å². The maximum atomic E-state index is 11.8. The number of H-pyrrole nitrogens is 3. The van der Waals surface area contributed by atoms with Crippen molar-refractivity contribution in [3.8, 4) is 0 Å². The molecule has 6 nitrogen and oxygen atoms in total. The highest BCUT2D eigenvalue weighted by atomic mass is 35.5. The van der Waals surface area contributed by atoms with E-state index < -0.39 is 5.79 Å². The summed E-state index contributed by atoms with van der Waals surface area (Å²) in [4.78, 5) is 14.9. The molecule has 0 bridgehead atoms. The van der Waals surface area contributed by atoms with Gasteiger partial charge in [0.25, 0.3) is 5.56 Å². The maximum absolute atomic E-state index is 11.8. The minimum atomic E-state index is -1.67. The van der Waals surface area contributed by atoms with E-state index in [1.54, 1.807) is 19.2 Å². The molecular formula is C12H14ClN3O3. The fourth-order valence-electron chi connectivity index (χ4n) is 2.39. The normalized spacial score (nSPS) is 21.0. The van der Waals surface area contributed by atoms with Crippen LogP contribution in [0.1, 0.15) is 28.1 Å². The summed E-state index contributed by atoms with van der Waals surface area (Å²) in [6.07, 6.45) is 1.79. The summed E-state index contributed by atoms with van der Waals surface area (Å²) in [5, 5.41) is 15.9. The third kappa shape index (κ3) is 1.88. The average molecular weight is 284 g/mol. The first kappa shape index (κ1) is 13.8. The van der Waals surface area contributed by atoms with Gasteiger partial charge in [-0.15, -0.1) is 0 Å². The van der Waals surface area contributed by atoms with Crippen molar-refractivity contribution in [1.29, 1.82) is 0 Å². The molecule has 0 fully saturated rings. The summed E-state index contributed by atoms with van der Waals surface area (Å²) < 4.78 is 5.47. The maximum Gasteiger partial charge on any atom is 0.273 e. The number of ether oxygens (including phenoxy) is 1. The number of aromatic nitrogens is 3. The number of halogens is 1. The van der Waals surface area contributed by atoms with Crippen molar-refractivity contribution in [1.82, 2.24) is 10.2 Å². The lowest BCUT2D eigenvalue weighted by Gasteiger charge is -2.21. The van der Waals surface area contributed by atoms with Crippen molar-refractivity contribution < 1.29 is 27.2 Å². The third-order valence-electron chi connectivity index (χ3n) is 3.29. The van der Waals surface area contributed by atoms with E-state index in [0.717, 1.165) is 11.3 Å². The number of aliphatic hydroxyl groups is 1. The van der Waals surface area contributed by atoms with E-state index in [4.69, 9.17) is 4.74 Å². The van der Waals surface area contributed by atoms with Crippen molar-refractivity contribution in [3.05, 3.63) is 50.7 Å². The van der Waals surface area contributed by atoms with Gasteiger partial charge < -0.3 is 27.3 Å². The van der Waals surface area contributed by atoms with Crippen LogP contribution in [0.4, 0.5) is 0 Å². The SMILES string of the molecule is Cc1cc2c(c[nH+]1)COC2(O)c1c(C)[nH][nH]c1=O.[Cl-]. The van der Waals surface area contributed by atoms with Gasteiger partial charge in [0.1, 0.15) is 5.56 Å². The smallest absolute Gasteiger partial charge is 0.273 e. The Labute approximate surface area is 115 Å². The number of aromatic amines is 3. The van der Waals surface area contributed by atoms with Gasteiger partial charge in [-0.25, -0.2) is 4.98 Å². The molecule has 0 amide bonds. The highest BCUT2D eigenvalue weighted by Gasteiger charge is 2.45. The van der Waals surface area contributed by atoms with Gasteiger partial charge in [-0.2, -0.15) is 0 Å². The molecule has 1 unspecified atom stereocenters. The summed E-state index contributed by atoms with van der Waals surface area (Å²) in [6.45, 7) is 3.87. The molecule has 1 aliphatic rings. The van der Waals surface area contributed by atoms with Crippen LogP contribution in [0.15, 0.2) is 17.1 Å². The van der Waals surface area contributed by atoms with Crippen molar-refractivity contribution in [2.75, 3.05) is 0 Å². The predicted octanol–water partition coefficient (Wildman–Crippen LogP) is -3.14. The number of fused-ring (bicyclic) bond motifs is 1. The Morgan fingerprint density at radius 2 is 2.16 bits per heavy atom. The van der Waals surface area contributed by atoms with Gasteiger partial charge in [-0.1, -0.05) is 0 Å². The summed E-state index contributed by atoms with van der Waals surface area (Å²) >= 11 is 0. The molecule has 1 aliphatic heterocycles. The van der Waals surface area contributed by atoms with E-state index in [1.807, 2.05) is 6.92 Å². The van der Waals surface area contributed by atoms with E-state index in [-0.39, 0.29) is 30.1 Å². The first-order valence-electron chi connectivity index (χ1n) is 5.68. The minimum Gasteiger partial charge on any atom is -1.00 e. The van der Waals surface area contributed by atoms with Gasteiger partial charge in [0.2, 0.25) is 5.79 Å². The van der Waals surface area contributed by atoms with Gasteiger partial charge in [0.15, 0.2) is 11.9 Å². The monoisotopic (exact) mass is 283 g/mol. The number of rotatable bonds is 1. The molecule has 0 aliphatic carbocycles. The van der Waals surface area contributed by atoms with Crippen LogP contribution in [0, 0.1) is 13.8 Å². The molecular weight excluding hydrogens is 270 g/mol. The van der Waals surface area contributed by atoms with Crippen molar-refractivity contribution in [2.24, 2.45) is 0 Å². The molecule has 4 N–H and O–H groups in total. The number of hydrogen-bond donors (Lipinski definition) is 3. The fourth-order valence-corrected chi connectivity index (χ4v) is 2.39. The van der Waals surface area contributed by atoms with Crippen LogP contribution in [-0.2, 0) is 17.1 Å². The van der Waals surface area contributed by atoms with Crippen LogP contribution in [0.3, 0.4) is 0 Å². The van der Waals surface area contributed by atoms with Gasteiger partial charge in [0.05, 0.1) is 12.2 Å². The average Bonchev–Trinajstić information content (AvgIpc) is 2.82. The summed E-state index contributed by atoms with van der Waals surface area (Å²) in [5.41, 5.74) is 2.78. The molecule has 102 valence electrons. The molecule has 0 aromatic carbocycles. The van der Waals surface area contributed by atoms with E-state index in [9.17, 15) is 9.90 Å². The Balaban J connectivity index is 0.00000133. The zero-order valence-electron chi connectivity index (χ0n) is 10.5.